The zero-order chi connectivity index (χ0) is 24.8. The fourth-order valence-corrected chi connectivity index (χ4v) is 3.28. The molecule has 0 aliphatic carbocycles. The van der Waals surface area contributed by atoms with E-state index >= 15 is 0 Å². The van der Waals surface area contributed by atoms with Crippen LogP contribution in [0.2, 0.25) is 0 Å². The number of carbonyl (C=O) groups is 1. The maximum absolute atomic E-state index is 12.2. The Labute approximate surface area is 204 Å². The van der Waals surface area contributed by atoms with Gasteiger partial charge in [-0.3, -0.25) is 10.2 Å². The number of rotatable bonds is 10. The Morgan fingerprint density at radius 3 is 2.53 bits per heavy atom. The zero-order valence-electron chi connectivity index (χ0n) is 21.2. The van der Waals surface area contributed by atoms with E-state index in [-0.39, 0.29) is 12.7 Å². The lowest BCUT2D eigenvalue weighted by Gasteiger charge is -2.07. The zero-order valence-corrected chi connectivity index (χ0v) is 21.2. The van der Waals surface area contributed by atoms with Gasteiger partial charge in [0.15, 0.2) is 11.5 Å². The number of ether oxygens (including phenoxy) is 2. The van der Waals surface area contributed by atoms with Crippen LogP contribution in [0.25, 0.3) is 0 Å². The summed E-state index contributed by atoms with van der Waals surface area (Å²) >= 11 is 0. The number of hydrogen-bond donors (Lipinski definition) is 2. The highest BCUT2D eigenvalue weighted by Gasteiger charge is 2.13. The monoisotopic (exact) mass is 465 g/mol. The second-order valence-corrected chi connectivity index (χ2v) is 8.31. The summed E-state index contributed by atoms with van der Waals surface area (Å²) in [5, 5.41) is 7.19. The predicted molar refractivity (Wildman–Crippen MR) is 139 cm³/mol. The van der Waals surface area contributed by atoms with E-state index in [9.17, 15) is 4.79 Å². The second kappa shape index (κ2) is 14.8. The molecule has 0 fully saturated rings. The van der Waals surface area contributed by atoms with E-state index in [4.69, 9.17) is 9.47 Å². The van der Waals surface area contributed by atoms with Crippen LogP contribution < -0.4 is 20.2 Å². The van der Waals surface area contributed by atoms with Crippen molar-refractivity contribution in [2.75, 3.05) is 6.79 Å². The molecule has 1 aliphatic heterocycles. The lowest BCUT2D eigenvalue weighted by atomic mass is 10.1. The Balaban J connectivity index is 0.000000273. The molecule has 0 bridgehead atoms. The summed E-state index contributed by atoms with van der Waals surface area (Å²) in [7, 11) is 0. The van der Waals surface area contributed by atoms with E-state index < -0.39 is 0 Å². The van der Waals surface area contributed by atoms with Crippen LogP contribution in [-0.2, 0) is 13.0 Å². The molecular formula is C28H39N3O3. The van der Waals surface area contributed by atoms with E-state index in [0.717, 1.165) is 54.0 Å². The van der Waals surface area contributed by atoms with Crippen molar-refractivity contribution in [1.29, 1.82) is 0 Å². The fourth-order valence-electron chi connectivity index (χ4n) is 3.28. The molecule has 2 N–H and O–H groups in total. The van der Waals surface area contributed by atoms with Gasteiger partial charge in [0.1, 0.15) is 0 Å². The highest BCUT2D eigenvalue weighted by molar-refractivity contribution is 5.94. The van der Waals surface area contributed by atoms with E-state index in [1.165, 1.54) is 12.1 Å². The van der Waals surface area contributed by atoms with Crippen molar-refractivity contribution in [3.05, 3.63) is 70.9 Å². The summed E-state index contributed by atoms with van der Waals surface area (Å²) in [4.78, 5) is 12.2. The molecule has 0 saturated heterocycles. The largest absolute Gasteiger partial charge is 0.454 e. The number of nitrogens with zero attached hydrogens (tertiary/aromatic N) is 1. The quantitative estimate of drug-likeness (QED) is 0.316. The van der Waals surface area contributed by atoms with Crippen molar-refractivity contribution in [3.63, 3.8) is 0 Å². The molecule has 6 heteroatoms. The standard InChI is InChI=1S/C17H17NO3.C11H22N2/c1-2-12-4-3-5-14(8-12)17(19)18-10-13-6-7-15-16(9-13)21-11-20-15;1-5-7-9-11(4)13-12-10(3)8-6-2/h3-9H,2,10-11H2,1H3,(H,18,19);9,13H,5-8H2,1-4H3/b;11-9-,12-10+. The van der Waals surface area contributed by atoms with Gasteiger partial charge < -0.3 is 14.8 Å². The number of benzene rings is 2. The maximum atomic E-state index is 12.2. The molecule has 6 nitrogen and oxygen atoms in total. The summed E-state index contributed by atoms with van der Waals surface area (Å²) < 4.78 is 10.6. The Morgan fingerprint density at radius 1 is 1.00 bits per heavy atom. The van der Waals surface area contributed by atoms with Gasteiger partial charge in [0.05, 0.1) is 0 Å². The van der Waals surface area contributed by atoms with Gasteiger partial charge in [-0.2, -0.15) is 5.10 Å². The van der Waals surface area contributed by atoms with E-state index in [1.807, 2.05) is 42.5 Å². The first-order chi connectivity index (χ1) is 16.5. The number of carbonyl (C=O) groups excluding carboxylic acids is 1. The van der Waals surface area contributed by atoms with Gasteiger partial charge in [-0.05, 0) is 68.5 Å². The normalized spacial score (nSPS) is 12.6. The highest BCUT2D eigenvalue weighted by atomic mass is 16.7. The SMILES string of the molecule is CCC/C=C(/C)N/N=C(\C)CCC.CCc1cccc(C(=O)NCc2ccc3c(c2)OCO3)c1. The first-order valence-corrected chi connectivity index (χ1v) is 12.2. The first-order valence-electron chi connectivity index (χ1n) is 12.2. The summed E-state index contributed by atoms with van der Waals surface area (Å²) in [6, 6.07) is 13.4. The van der Waals surface area contributed by atoms with E-state index in [0.29, 0.717) is 12.1 Å². The lowest BCUT2D eigenvalue weighted by molar-refractivity contribution is 0.0950. The Hall–Kier alpha value is -3.28. The molecule has 0 spiro atoms. The van der Waals surface area contributed by atoms with Crippen molar-refractivity contribution in [2.24, 2.45) is 5.10 Å². The third kappa shape index (κ3) is 9.30. The second-order valence-electron chi connectivity index (χ2n) is 8.31. The van der Waals surface area contributed by atoms with Crippen LogP contribution in [0.1, 0.15) is 81.8 Å². The fraction of sp³-hybridized carbons (Fsp3) is 0.429. The minimum absolute atomic E-state index is 0.0667. The Bertz CT molecular complexity index is 983. The number of fused-ring (bicyclic) bond motifs is 1. The number of allylic oxidation sites excluding steroid dienone is 2. The van der Waals surface area contributed by atoms with Crippen LogP contribution in [-0.4, -0.2) is 18.4 Å². The van der Waals surface area contributed by atoms with Crippen LogP contribution in [0.15, 0.2) is 59.3 Å². The minimum atomic E-state index is -0.0667. The number of aryl methyl sites for hydroxylation is 1. The van der Waals surface area contributed by atoms with Gasteiger partial charge in [0.25, 0.3) is 5.91 Å². The molecule has 1 heterocycles. The third-order valence-electron chi connectivity index (χ3n) is 5.26. The van der Waals surface area contributed by atoms with Gasteiger partial charge >= 0.3 is 0 Å². The van der Waals surface area contributed by atoms with Crippen LogP contribution in [0.3, 0.4) is 0 Å². The summed E-state index contributed by atoms with van der Waals surface area (Å²) in [5.41, 5.74) is 8.21. The van der Waals surface area contributed by atoms with Gasteiger partial charge in [-0.1, -0.05) is 57.9 Å². The van der Waals surface area contributed by atoms with Gasteiger partial charge in [-0.25, -0.2) is 0 Å². The number of unbranched alkanes of at least 4 members (excludes halogenated alkanes) is 1. The van der Waals surface area contributed by atoms with Crippen LogP contribution in [0.5, 0.6) is 11.5 Å². The molecule has 2 aromatic carbocycles. The molecule has 0 saturated carbocycles. The maximum Gasteiger partial charge on any atom is 0.251 e. The number of nitrogens with one attached hydrogen (secondary N) is 2. The van der Waals surface area contributed by atoms with Crippen molar-refractivity contribution >= 4 is 11.6 Å². The van der Waals surface area contributed by atoms with Crippen LogP contribution in [0, 0.1) is 0 Å². The molecule has 3 rings (SSSR count). The minimum Gasteiger partial charge on any atom is -0.454 e. The average molecular weight is 466 g/mol. The smallest absolute Gasteiger partial charge is 0.251 e. The molecule has 34 heavy (non-hydrogen) atoms. The van der Waals surface area contributed by atoms with E-state index in [1.54, 1.807) is 0 Å². The molecular weight excluding hydrogens is 426 g/mol. The van der Waals surface area contributed by atoms with Gasteiger partial charge in [0.2, 0.25) is 6.79 Å². The van der Waals surface area contributed by atoms with Crippen LogP contribution in [0.4, 0.5) is 0 Å². The molecule has 0 aromatic heterocycles. The van der Waals surface area contributed by atoms with Crippen molar-refractivity contribution in [1.82, 2.24) is 10.7 Å². The first kappa shape index (κ1) is 27.0. The Morgan fingerprint density at radius 2 is 1.79 bits per heavy atom. The molecule has 2 aromatic rings. The number of hydrogen-bond acceptors (Lipinski definition) is 5. The molecule has 1 aliphatic rings. The van der Waals surface area contributed by atoms with E-state index in [2.05, 4.69) is 56.5 Å². The third-order valence-corrected chi connectivity index (χ3v) is 5.26. The Kier molecular flexibility index (Phi) is 11.7. The molecule has 0 atom stereocenters. The molecule has 0 unspecified atom stereocenters. The molecule has 1 amide bonds. The number of hydrazone groups is 1. The van der Waals surface area contributed by atoms with Crippen molar-refractivity contribution in [2.45, 2.75) is 73.3 Å². The summed E-state index contributed by atoms with van der Waals surface area (Å²) in [6.45, 7) is 11.3. The number of amides is 1. The molecule has 0 radical (unpaired) electrons. The van der Waals surface area contributed by atoms with Crippen molar-refractivity contribution in [3.8, 4) is 11.5 Å². The van der Waals surface area contributed by atoms with Crippen molar-refractivity contribution < 1.29 is 14.3 Å². The summed E-state index contributed by atoms with van der Waals surface area (Å²) in [5.74, 6) is 1.42. The topological polar surface area (TPSA) is 72.0 Å². The van der Waals surface area contributed by atoms with Gasteiger partial charge in [0, 0.05) is 23.5 Å². The average Bonchev–Trinajstić information content (AvgIpc) is 3.33. The molecule has 184 valence electrons. The lowest BCUT2D eigenvalue weighted by Crippen LogP contribution is -2.22. The van der Waals surface area contributed by atoms with Gasteiger partial charge in [-0.15, -0.1) is 0 Å². The predicted octanol–water partition coefficient (Wildman–Crippen LogP) is 6.36. The highest BCUT2D eigenvalue weighted by Crippen LogP contribution is 2.32. The summed E-state index contributed by atoms with van der Waals surface area (Å²) in [6.07, 6.45) is 7.66. The van der Waals surface area contributed by atoms with Crippen LogP contribution >= 0.6 is 0 Å².